The molecule has 0 amide bonds. The van der Waals surface area contributed by atoms with Gasteiger partial charge in [0.2, 0.25) is 10.4 Å². The first-order chi connectivity index (χ1) is 11.8. The van der Waals surface area contributed by atoms with E-state index in [4.69, 9.17) is 27.9 Å². The lowest BCUT2D eigenvalue weighted by Gasteiger charge is -2.20. The quantitative estimate of drug-likeness (QED) is 0.700. The molecule has 1 aromatic heterocycles. The van der Waals surface area contributed by atoms with Gasteiger partial charge in [-0.05, 0) is 30.2 Å². The van der Waals surface area contributed by atoms with Gasteiger partial charge in [-0.2, -0.15) is 9.36 Å². The number of carbonyl (C=O) groups excluding carboxylic acids is 1. The number of benzene rings is 1. The van der Waals surface area contributed by atoms with Crippen LogP contribution in [-0.2, 0) is 19.4 Å². The Morgan fingerprint density at radius 2 is 2.08 bits per heavy atom. The number of rotatable bonds is 4. The van der Waals surface area contributed by atoms with E-state index in [0.717, 1.165) is 11.5 Å². The molecular weight excluding hydrogens is 409 g/mol. The summed E-state index contributed by atoms with van der Waals surface area (Å²) >= 11 is 12.8. The van der Waals surface area contributed by atoms with Gasteiger partial charge in [-0.1, -0.05) is 23.7 Å². The Hall–Kier alpha value is -1.42. The van der Waals surface area contributed by atoms with Crippen molar-refractivity contribution in [3.8, 4) is 0 Å². The summed E-state index contributed by atoms with van der Waals surface area (Å²) < 4.78 is 34.6. The largest absolute Gasteiger partial charge is 0.467 e. The van der Waals surface area contributed by atoms with Crippen LogP contribution in [0.3, 0.4) is 0 Å². The van der Waals surface area contributed by atoms with Crippen LogP contribution in [0.2, 0.25) is 10.3 Å². The number of nitrogens with zero attached hydrogens (tertiary/aromatic N) is 3. The fourth-order valence-corrected chi connectivity index (χ4v) is 5.85. The number of methoxy groups -OCH3 is 1. The maximum atomic E-state index is 13.0. The first-order valence-electron chi connectivity index (χ1n) is 7.16. The number of ether oxygens (including phenoxy) is 1. The van der Waals surface area contributed by atoms with Crippen LogP contribution in [0, 0.1) is 0 Å². The van der Waals surface area contributed by atoms with Crippen molar-refractivity contribution in [3.63, 3.8) is 0 Å². The molecule has 0 unspecified atom stereocenters. The molecule has 2 atom stereocenters. The third-order valence-electron chi connectivity index (χ3n) is 3.95. The van der Waals surface area contributed by atoms with Crippen LogP contribution in [0.25, 0.3) is 0 Å². The third-order valence-corrected chi connectivity index (χ3v) is 7.61. The number of aromatic nitrogens is 2. The average Bonchev–Trinajstić information content (AvgIpc) is 3.21. The maximum Gasteiger partial charge on any atom is 0.328 e. The summed E-state index contributed by atoms with van der Waals surface area (Å²) in [7, 11) is -2.48. The Morgan fingerprint density at radius 1 is 1.36 bits per heavy atom. The molecule has 3 rings (SSSR count). The summed E-state index contributed by atoms with van der Waals surface area (Å²) in [5, 5.41) is -0.271. The van der Waals surface area contributed by atoms with Crippen molar-refractivity contribution in [2.75, 3.05) is 18.6 Å². The van der Waals surface area contributed by atoms with Crippen LogP contribution >= 0.6 is 34.7 Å². The van der Waals surface area contributed by atoms with E-state index >= 15 is 0 Å². The summed E-state index contributed by atoms with van der Waals surface area (Å²) in [6.07, 6.45) is 0.0669. The Kier molecular flexibility index (Phi) is 5.19. The SMILES string of the molecule is COC(=O)[C@@H]1C[C@@H](S(=O)(=O)c2ccccc2Cl)CN1c1nc(Cl)ns1. The third kappa shape index (κ3) is 3.46. The van der Waals surface area contributed by atoms with Gasteiger partial charge in [0.1, 0.15) is 6.04 Å². The lowest BCUT2D eigenvalue weighted by molar-refractivity contribution is -0.141. The lowest BCUT2D eigenvalue weighted by atomic mass is 10.2. The summed E-state index contributed by atoms with van der Waals surface area (Å²) in [6.45, 7) is 0.0683. The van der Waals surface area contributed by atoms with Crippen LogP contribution in [0.5, 0.6) is 0 Å². The molecule has 1 saturated heterocycles. The molecule has 7 nitrogen and oxygen atoms in total. The minimum atomic E-state index is -3.74. The van der Waals surface area contributed by atoms with Crippen molar-refractivity contribution in [2.24, 2.45) is 0 Å². The van der Waals surface area contributed by atoms with Gasteiger partial charge in [0.25, 0.3) is 0 Å². The fraction of sp³-hybridized carbons (Fsp3) is 0.357. The Bertz CT molecular complexity index is 903. The van der Waals surface area contributed by atoms with E-state index < -0.39 is 27.1 Å². The second-order valence-corrected chi connectivity index (χ2v) is 9.04. The Balaban J connectivity index is 1.96. The number of sulfone groups is 1. The average molecular weight is 422 g/mol. The molecule has 1 fully saturated rings. The number of anilines is 1. The molecule has 1 aliphatic heterocycles. The molecule has 0 aliphatic carbocycles. The van der Waals surface area contributed by atoms with Crippen molar-refractivity contribution in [1.82, 2.24) is 9.36 Å². The molecular formula is C14H13Cl2N3O4S2. The monoisotopic (exact) mass is 421 g/mol. The summed E-state index contributed by atoms with van der Waals surface area (Å²) in [5.41, 5.74) is 0. The van der Waals surface area contributed by atoms with Crippen molar-refractivity contribution in [1.29, 1.82) is 0 Å². The zero-order chi connectivity index (χ0) is 18.2. The number of halogens is 2. The van der Waals surface area contributed by atoms with Crippen LogP contribution in [0.4, 0.5) is 5.13 Å². The molecule has 2 heterocycles. The van der Waals surface area contributed by atoms with Crippen molar-refractivity contribution in [3.05, 3.63) is 34.6 Å². The van der Waals surface area contributed by atoms with Crippen LogP contribution in [-0.4, -0.2) is 48.7 Å². The van der Waals surface area contributed by atoms with Crippen molar-refractivity contribution in [2.45, 2.75) is 22.6 Å². The zero-order valence-corrected chi connectivity index (χ0v) is 16.1. The molecule has 25 heavy (non-hydrogen) atoms. The molecule has 1 aromatic carbocycles. The van der Waals surface area contributed by atoms with Crippen LogP contribution in [0.15, 0.2) is 29.2 Å². The smallest absolute Gasteiger partial charge is 0.328 e. The van der Waals surface area contributed by atoms with E-state index in [0.29, 0.717) is 5.13 Å². The summed E-state index contributed by atoms with van der Waals surface area (Å²) in [5.74, 6) is -0.539. The minimum absolute atomic E-state index is 0.0426. The van der Waals surface area contributed by atoms with Gasteiger partial charge in [0.15, 0.2) is 9.84 Å². The van der Waals surface area contributed by atoms with Gasteiger partial charge >= 0.3 is 5.97 Å². The second-order valence-electron chi connectivity index (χ2n) is 5.37. The highest BCUT2D eigenvalue weighted by Crippen LogP contribution is 2.35. The van der Waals surface area contributed by atoms with Crippen LogP contribution in [0.1, 0.15) is 6.42 Å². The lowest BCUT2D eigenvalue weighted by Crippen LogP contribution is -2.36. The van der Waals surface area contributed by atoms with E-state index in [1.807, 2.05) is 0 Å². The van der Waals surface area contributed by atoms with Gasteiger partial charge in [0.05, 0.1) is 22.3 Å². The zero-order valence-electron chi connectivity index (χ0n) is 12.9. The molecule has 0 N–H and O–H groups in total. The molecule has 0 bridgehead atoms. The number of carbonyl (C=O) groups is 1. The Labute approximate surface area is 158 Å². The maximum absolute atomic E-state index is 13.0. The number of hydrogen-bond acceptors (Lipinski definition) is 8. The van der Waals surface area contributed by atoms with E-state index in [1.165, 1.54) is 19.2 Å². The second kappa shape index (κ2) is 7.06. The van der Waals surface area contributed by atoms with Gasteiger partial charge in [-0.25, -0.2) is 13.2 Å². The minimum Gasteiger partial charge on any atom is -0.467 e. The summed E-state index contributed by atoms with van der Waals surface area (Å²) in [6, 6.07) is 5.45. The van der Waals surface area contributed by atoms with Crippen molar-refractivity contribution >= 4 is 55.7 Å². The number of esters is 1. The molecule has 1 aliphatic rings. The van der Waals surface area contributed by atoms with Gasteiger partial charge in [-0.15, -0.1) is 0 Å². The van der Waals surface area contributed by atoms with E-state index in [9.17, 15) is 13.2 Å². The number of hydrogen-bond donors (Lipinski definition) is 0. The van der Waals surface area contributed by atoms with Gasteiger partial charge < -0.3 is 9.64 Å². The van der Waals surface area contributed by atoms with E-state index in [2.05, 4.69) is 9.36 Å². The standard InChI is InChI=1S/C14H13Cl2N3O4S2/c1-23-12(20)10-6-8(7-19(10)14-17-13(16)18-24-14)25(21,22)11-5-3-2-4-9(11)15/h2-5,8,10H,6-7H2,1H3/t8-,10+/m1/s1. The van der Waals surface area contributed by atoms with E-state index in [1.54, 1.807) is 17.0 Å². The molecule has 134 valence electrons. The predicted octanol–water partition coefficient (Wildman–Crippen LogP) is 2.44. The highest BCUT2D eigenvalue weighted by Gasteiger charge is 2.45. The van der Waals surface area contributed by atoms with Crippen LogP contribution < -0.4 is 4.90 Å². The fourth-order valence-electron chi connectivity index (χ4n) is 2.76. The normalized spacial score (nSPS) is 20.7. The topological polar surface area (TPSA) is 89.5 Å². The first kappa shape index (κ1) is 18.4. The molecule has 0 saturated carbocycles. The highest BCUT2D eigenvalue weighted by atomic mass is 35.5. The molecule has 0 spiro atoms. The highest BCUT2D eigenvalue weighted by molar-refractivity contribution is 7.92. The molecule has 2 aromatic rings. The van der Waals surface area contributed by atoms with Crippen molar-refractivity contribution < 1.29 is 17.9 Å². The Morgan fingerprint density at radius 3 is 2.68 bits per heavy atom. The predicted molar refractivity (Wildman–Crippen MR) is 95.1 cm³/mol. The van der Waals surface area contributed by atoms with Gasteiger partial charge in [-0.3, -0.25) is 0 Å². The molecule has 11 heteroatoms. The first-order valence-corrected chi connectivity index (χ1v) is 10.2. The molecule has 0 radical (unpaired) electrons. The van der Waals surface area contributed by atoms with Gasteiger partial charge in [0, 0.05) is 18.1 Å². The summed E-state index contributed by atoms with van der Waals surface area (Å²) in [4.78, 5) is 17.8. The van der Waals surface area contributed by atoms with E-state index in [-0.39, 0.29) is 28.2 Å².